The largest absolute Gasteiger partial charge is 0.471 e. The lowest BCUT2D eigenvalue weighted by Gasteiger charge is -2.32. The standard InChI is InChI=1S/C10H12F3N3O2/c11-10(12,13)9(18)15-7-2-5-16(6-3-7)8(17)1-4-14/h7H,1-3,5-6H2,(H,15,18). The molecule has 0 unspecified atom stereocenters. The first-order chi connectivity index (χ1) is 8.34. The highest BCUT2D eigenvalue weighted by Crippen LogP contribution is 2.17. The molecule has 18 heavy (non-hydrogen) atoms. The normalized spacial score (nSPS) is 17.1. The summed E-state index contributed by atoms with van der Waals surface area (Å²) in [7, 11) is 0. The van der Waals surface area contributed by atoms with Gasteiger partial charge in [-0.15, -0.1) is 0 Å². The zero-order valence-corrected chi connectivity index (χ0v) is 9.46. The Kier molecular flexibility index (Phi) is 4.53. The fourth-order valence-corrected chi connectivity index (χ4v) is 1.72. The van der Waals surface area contributed by atoms with Crippen LogP contribution < -0.4 is 5.32 Å². The van der Waals surface area contributed by atoms with E-state index in [1.807, 2.05) is 5.32 Å². The molecule has 0 aliphatic carbocycles. The Hall–Kier alpha value is -1.78. The molecule has 1 N–H and O–H groups in total. The first-order valence-corrected chi connectivity index (χ1v) is 5.37. The molecule has 0 aromatic heterocycles. The fraction of sp³-hybridized carbons (Fsp3) is 0.700. The summed E-state index contributed by atoms with van der Waals surface area (Å²) in [4.78, 5) is 23.4. The van der Waals surface area contributed by atoms with E-state index >= 15 is 0 Å². The smallest absolute Gasteiger partial charge is 0.345 e. The molecule has 0 radical (unpaired) electrons. The summed E-state index contributed by atoms with van der Waals surface area (Å²) in [6, 6.07) is 1.14. The van der Waals surface area contributed by atoms with Gasteiger partial charge in [-0.2, -0.15) is 18.4 Å². The first kappa shape index (κ1) is 14.3. The lowest BCUT2D eigenvalue weighted by atomic mass is 10.0. The number of hydrogen-bond donors (Lipinski definition) is 1. The van der Waals surface area contributed by atoms with Crippen molar-refractivity contribution in [3.8, 4) is 6.07 Å². The average molecular weight is 263 g/mol. The Morgan fingerprint density at radius 1 is 1.33 bits per heavy atom. The van der Waals surface area contributed by atoms with Gasteiger partial charge in [0.1, 0.15) is 6.42 Å². The highest BCUT2D eigenvalue weighted by molar-refractivity contribution is 5.82. The quantitative estimate of drug-likeness (QED) is 0.791. The van der Waals surface area contributed by atoms with Crippen molar-refractivity contribution in [3.05, 3.63) is 0 Å². The van der Waals surface area contributed by atoms with Crippen LogP contribution in [0.2, 0.25) is 0 Å². The number of nitriles is 1. The number of carbonyl (C=O) groups excluding carboxylic acids is 2. The Balaban J connectivity index is 2.39. The number of nitrogens with one attached hydrogen (secondary N) is 1. The van der Waals surface area contributed by atoms with Crippen LogP contribution in [0.25, 0.3) is 0 Å². The minimum absolute atomic E-state index is 0.237. The zero-order valence-electron chi connectivity index (χ0n) is 9.46. The third-order valence-electron chi connectivity index (χ3n) is 2.67. The molecule has 100 valence electrons. The summed E-state index contributed by atoms with van der Waals surface area (Å²) in [5.74, 6) is -2.29. The second kappa shape index (κ2) is 5.71. The van der Waals surface area contributed by atoms with Gasteiger partial charge in [0.15, 0.2) is 0 Å². The molecule has 1 aliphatic rings. The molecular weight excluding hydrogens is 251 g/mol. The van der Waals surface area contributed by atoms with E-state index in [1.54, 1.807) is 6.07 Å². The van der Waals surface area contributed by atoms with Crippen LogP contribution >= 0.6 is 0 Å². The first-order valence-electron chi connectivity index (χ1n) is 5.37. The van der Waals surface area contributed by atoms with Crippen LogP contribution in [0.5, 0.6) is 0 Å². The van der Waals surface area contributed by atoms with Crippen molar-refractivity contribution < 1.29 is 22.8 Å². The molecule has 0 aromatic carbocycles. The van der Waals surface area contributed by atoms with Gasteiger partial charge in [-0.1, -0.05) is 0 Å². The molecule has 0 aromatic rings. The van der Waals surface area contributed by atoms with Gasteiger partial charge in [-0.05, 0) is 12.8 Å². The predicted octanol–water partition coefficient (Wildman–Crippen LogP) is 0.570. The number of alkyl halides is 3. The number of halogens is 3. The van der Waals surface area contributed by atoms with Gasteiger partial charge in [0.05, 0.1) is 6.07 Å². The monoisotopic (exact) mass is 263 g/mol. The Labute approximate surface area is 102 Å². The van der Waals surface area contributed by atoms with Crippen molar-refractivity contribution in [1.82, 2.24) is 10.2 Å². The van der Waals surface area contributed by atoms with Crippen LogP contribution in [0.3, 0.4) is 0 Å². The van der Waals surface area contributed by atoms with Crippen LogP contribution in [0.15, 0.2) is 0 Å². The lowest BCUT2D eigenvalue weighted by molar-refractivity contribution is -0.174. The molecule has 1 rings (SSSR count). The molecular formula is C10H12F3N3O2. The summed E-state index contributed by atoms with van der Waals surface area (Å²) in [6.45, 7) is 0.507. The van der Waals surface area contributed by atoms with E-state index in [-0.39, 0.29) is 38.3 Å². The number of hydrogen-bond acceptors (Lipinski definition) is 3. The van der Waals surface area contributed by atoms with Gasteiger partial charge < -0.3 is 10.2 Å². The summed E-state index contributed by atoms with van der Waals surface area (Å²) < 4.78 is 36.0. The number of piperidine rings is 1. The number of nitrogens with zero attached hydrogens (tertiary/aromatic N) is 2. The Morgan fingerprint density at radius 2 is 1.89 bits per heavy atom. The van der Waals surface area contributed by atoms with Crippen molar-refractivity contribution in [2.75, 3.05) is 13.1 Å². The number of likely N-dealkylation sites (tertiary alicyclic amines) is 1. The predicted molar refractivity (Wildman–Crippen MR) is 54.0 cm³/mol. The van der Waals surface area contributed by atoms with Crippen molar-refractivity contribution in [2.45, 2.75) is 31.5 Å². The number of amides is 2. The SMILES string of the molecule is N#CCC(=O)N1CCC(NC(=O)C(F)(F)F)CC1. The van der Waals surface area contributed by atoms with E-state index in [0.717, 1.165) is 0 Å². The maximum atomic E-state index is 12.0. The van der Waals surface area contributed by atoms with Gasteiger partial charge in [0, 0.05) is 19.1 Å². The van der Waals surface area contributed by atoms with Crippen LogP contribution in [-0.4, -0.2) is 42.0 Å². The van der Waals surface area contributed by atoms with Gasteiger partial charge in [-0.25, -0.2) is 0 Å². The Bertz CT molecular complexity index is 368. The molecule has 0 atom stereocenters. The maximum absolute atomic E-state index is 12.0. The maximum Gasteiger partial charge on any atom is 0.471 e. The number of carbonyl (C=O) groups is 2. The zero-order chi connectivity index (χ0) is 13.8. The van der Waals surface area contributed by atoms with Gasteiger partial charge >= 0.3 is 12.1 Å². The molecule has 8 heteroatoms. The fourth-order valence-electron chi connectivity index (χ4n) is 1.72. The van der Waals surface area contributed by atoms with E-state index in [2.05, 4.69) is 0 Å². The summed E-state index contributed by atoms with van der Waals surface area (Å²) >= 11 is 0. The van der Waals surface area contributed by atoms with Crippen molar-refractivity contribution in [1.29, 1.82) is 5.26 Å². The molecule has 5 nitrogen and oxygen atoms in total. The van der Waals surface area contributed by atoms with Crippen LogP contribution in [-0.2, 0) is 9.59 Å². The van der Waals surface area contributed by atoms with E-state index in [9.17, 15) is 22.8 Å². The highest BCUT2D eigenvalue weighted by Gasteiger charge is 2.40. The average Bonchev–Trinajstić information content (AvgIpc) is 2.29. The molecule has 1 heterocycles. The van der Waals surface area contributed by atoms with Gasteiger partial charge in [0.25, 0.3) is 0 Å². The third kappa shape index (κ3) is 3.91. The second-order valence-electron chi connectivity index (χ2n) is 3.96. The van der Waals surface area contributed by atoms with Crippen LogP contribution in [0.4, 0.5) is 13.2 Å². The van der Waals surface area contributed by atoms with E-state index in [1.165, 1.54) is 4.90 Å². The molecule has 0 saturated carbocycles. The Morgan fingerprint density at radius 3 is 2.33 bits per heavy atom. The summed E-state index contributed by atoms with van der Waals surface area (Å²) in [5.41, 5.74) is 0. The number of rotatable bonds is 2. The van der Waals surface area contributed by atoms with E-state index in [0.29, 0.717) is 0 Å². The molecule has 1 fully saturated rings. The second-order valence-corrected chi connectivity index (χ2v) is 3.96. The van der Waals surface area contributed by atoms with Crippen molar-refractivity contribution in [2.24, 2.45) is 0 Å². The highest BCUT2D eigenvalue weighted by atomic mass is 19.4. The molecule has 0 spiro atoms. The minimum atomic E-state index is -4.88. The van der Waals surface area contributed by atoms with Crippen molar-refractivity contribution in [3.63, 3.8) is 0 Å². The van der Waals surface area contributed by atoms with Gasteiger partial charge in [0.2, 0.25) is 5.91 Å². The summed E-state index contributed by atoms with van der Waals surface area (Å²) in [6.07, 6.45) is -4.59. The van der Waals surface area contributed by atoms with E-state index < -0.39 is 18.1 Å². The van der Waals surface area contributed by atoms with Crippen LogP contribution in [0.1, 0.15) is 19.3 Å². The van der Waals surface area contributed by atoms with Crippen LogP contribution in [0, 0.1) is 11.3 Å². The minimum Gasteiger partial charge on any atom is -0.345 e. The molecule has 2 amide bonds. The molecule has 0 bridgehead atoms. The topological polar surface area (TPSA) is 73.2 Å². The molecule has 1 aliphatic heterocycles. The third-order valence-corrected chi connectivity index (χ3v) is 2.67. The van der Waals surface area contributed by atoms with Crippen molar-refractivity contribution >= 4 is 11.8 Å². The van der Waals surface area contributed by atoms with E-state index in [4.69, 9.17) is 5.26 Å². The van der Waals surface area contributed by atoms with Gasteiger partial charge in [-0.3, -0.25) is 9.59 Å². The molecule has 1 saturated heterocycles. The lowest BCUT2D eigenvalue weighted by Crippen LogP contribution is -2.49. The summed E-state index contributed by atoms with van der Waals surface area (Å²) in [5, 5.41) is 10.2.